The van der Waals surface area contributed by atoms with Crippen LogP contribution in [-0.4, -0.2) is 33.3 Å². The molecule has 1 aromatic heterocycles. The van der Waals surface area contributed by atoms with Crippen molar-refractivity contribution >= 4 is 11.8 Å². The van der Waals surface area contributed by atoms with E-state index in [4.69, 9.17) is 0 Å². The van der Waals surface area contributed by atoms with Gasteiger partial charge in [-0.2, -0.15) is 13.2 Å². The number of rotatable bonds is 2. The van der Waals surface area contributed by atoms with E-state index in [-0.39, 0.29) is 17.9 Å². The number of benzene rings is 1. The Bertz CT molecular complexity index is 964. The van der Waals surface area contributed by atoms with Crippen molar-refractivity contribution in [3.8, 4) is 0 Å². The zero-order chi connectivity index (χ0) is 21.5. The fraction of sp³-hybridized carbons (Fsp3) is 0.409. The summed E-state index contributed by atoms with van der Waals surface area (Å²) < 4.78 is 39.9. The van der Waals surface area contributed by atoms with Crippen LogP contribution < -0.4 is 5.32 Å². The molecule has 5 nitrogen and oxygen atoms in total. The fourth-order valence-corrected chi connectivity index (χ4v) is 4.72. The Kier molecular flexibility index (Phi) is 5.03. The zero-order valence-electron chi connectivity index (χ0n) is 16.4. The van der Waals surface area contributed by atoms with Gasteiger partial charge >= 0.3 is 6.18 Å². The zero-order valence-corrected chi connectivity index (χ0v) is 16.4. The number of fused-ring (bicyclic) bond motifs is 1. The van der Waals surface area contributed by atoms with Crippen molar-refractivity contribution in [3.63, 3.8) is 0 Å². The Labute approximate surface area is 172 Å². The number of aromatic nitrogens is 1. The second kappa shape index (κ2) is 7.41. The molecule has 2 fully saturated rings. The molecular formula is C22H22F3N3O2. The smallest absolute Gasteiger partial charge is 0.349 e. The monoisotopic (exact) mass is 417 g/mol. The van der Waals surface area contributed by atoms with Gasteiger partial charge in [-0.25, -0.2) is 0 Å². The summed E-state index contributed by atoms with van der Waals surface area (Å²) in [5.41, 5.74) is -0.634. The molecule has 0 bridgehead atoms. The molecule has 0 unspecified atom stereocenters. The molecule has 0 saturated carbocycles. The summed E-state index contributed by atoms with van der Waals surface area (Å²) in [6.45, 7) is 1.88. The Morgan fingerprint density at radius 3 is 2.67 bits per heavy atom. The highest BCUT2D eigenvalue weighted by molar-refractivity contribution is 5.95. The molecule has 2 aromatic rings. The van der Waals surface area contributed by atoms with Crippen LogP contribution in [0.15, 0.2) is 48.8 Å². The largest absolute Gasteiger partial charge is 0.416 e. The molecular weight excluding hydrogens is 395 g/mol. The summed E-state index contributed by atoms with van der Waals surface area (Å²) in [5, 5.41) is 3.03. The molecule has 2 amide bonds. The highest BCUT2D eigenvalue weighted by Gasteiger charge is 2.53. The third kappa shape index (κ3) is 3.66. The lowest BCUT2D eigenvalue weighted by molar-refractivity contribution is -0.137. The number of hydrogen-bond acceptors (Lipinski definition) is 3. The number of likely N-dealkylation sites (tertiary alicyclic amines) is 1. The molecule has 8 heteroatoms. The first-order valence-electron chi connectivity index (χ1n) is 9.90. The van der Waals surface area contributed by atoms with Gasteiger partial charge in [0.25, 0.3) is 5.91 Å². The lowest BCUT2D eigenvalue weighted by Gasteiger charge is -2.35. The van der Waals surface area contributed by atoms with Crippen LogP contribution in [0.2, 0.25) is 0 Å². The predicted octanol–water partition coefficient (Wildman–Crippen LogP) is 4.12. The van der Waals surface area contributed by atoms with Gasteiger partial charge in [0.2, 0.25) is 5.91 Å². The number of hydrogen-bond donors (Lipinski definition) is 1. The highest BCUT2D eigenvalue weighted by atomic mass is 19.4. The highest BCUT2D eigenvalue weighted by Crippen LogP contribution is 2.46. The van der Waals surface area contributed by atoms with Crippen LogP contribution in [0.25, 0.3) is 0 Å². The molecule has 1 N–H and O–H groups in total. The molecule has 2 aliphatic rings. The molecule has 2 saturated heterocycles. The third-order valence-corrected chi connectivity index (χ3v) is 6.09. The van der Waals surface area contributed by atoms with Crippen molar-refractivity contribution < 1.29 is 22.8 Å². The number of halogens is 3. The Morgan fingerprint density at radius 2 is 1.97 bits per heavy atom. The summed E-state index contributed by atoms with van der Waals surface area (Å²) in [5.74, 6) is -0.370. The first-order valence-corrected chi connectivity index (χ1v) is 9.90. The van der Waals surface area contributed by atoms with E-state index >= 15 is 0 Å². The van der Waals surface area contributed by atoms with Crippen LogP contribution in [0.1, 0.15) is 60.1 Å². The van der Waals surface area contributed by atoms with Crippen LogP contribution in [0.4, 0.5) is 13.2 Å². The molecule has 0 spiro atoms. The quantitative estimate of drug-likeness (QED) is 0.800. The van der Waals surface area contributed by atoms with E-state index in [9.17, 15) is 22.8 Å². The number of amides is 2. The second-order valence-corrected chi connectivity index (χ2v) is 8.17. The Hall–Kier alpha value is -2.90. The number of nitrogens with one attached hydrogen (secondary N) is 1. The number of pyridine rings is 1. The minimum absolute atomic E-state index is 0.0963. The van der Waals surface area contributed by atoms with Crippen molar-refractivity contribution in [1.29, 1.82) is 0 Å². The van der Waals surface area contributed by atoms with E-state index in [0.29, 0.717) is 36.8 Å². The summed E-state index contributed by atoms with van der Waals surface area (Å²) >= 11 is 0. The summed E-state index contributed by atoms with van der Waals surface area (Å²) in [7, 11) is 0. The molecule has 30 heavy (non-hydrogen) atoms. The maximum absolute atomic E-state index is 13.5. The number of alkyl halides is 3. The van der Waals surface area contributed by atoms with Gasteiger partial charge in [0.05, 0.1) is 23.2 Å². The van der Waals surface area contributed by atoms with E-state index in [0.717, 1.165) is 12.1 Å². The number of carbonyl (C=O) groups excluding carboxylic acids is 2. The Balaban J connectivity index is 1.79. The van der Waals surface area contributed by atoms with Gasteiger partial charge in [0.15, 0.2) is 0 Å². The van der Waals surface area contributed by atoms with E-state index in [1.807, 2.05) is 6.92 Å². The summed E-state index contributed by atoms with van der Waals surface area (Å²) in [6, 6.07) is 7.40. The molecule has 0 aliphatic carbocycles. The maximum Gasteiger partial charge on any atom is 0.416 e. The normalized spacial score (nSPS) is 26.7. The van der Waals surface area contributed by atoms with E-state index in [2.05, 4.69) is 10.3 Å². The van der Waals surface area contributed by atoms with Gasteiger partial charge < -0.3 is 10.2 Å². The fourth-order valence-electron chi connectivity index (χ4n) is 4.72. The topological polar surface area (TPSA) is 62.3 Å². The SMILES string of the molecule is C[C@]12C[C@@H](c3cccc(C(F)(F)F)c3)N(C(=O)c3ccncc3)[C@H]1CCCC(=O)N2. The lowest BCUT2D eigenvalue weighted by atomic mass is 9.88. The van der Waals surface area contributed by atoms with Gasteiger partial charge in [-0.1, -0.05) is 12.1 Å². The molecule has 158 valence electrons. The average Bonchev–Trinajstić information content (AvgIpc) is 2.90. The van der Waals surface area contributed by atoms with Gasteiger partial charge in [0, 0.05) is 24.4 Å². The molecule has 0 radical (unpaired) electrons. The van der Waals surface area contributed by atoms with Crippen molar-refractivity contribution in [2.24, 2.45) is 0 Å². The standard InChI is InChI=1S/C22H22F3N3O2/c1-21-13-17(15-4-2-5-16(12-15)22(23,24)25)28(18(21)6-3-7-19(29)27-21)20(30)14-8-10-26-11-9-14/h2,4-5,8-12,17-18H,3,6-7,13H2,1H3,(H,27,29)/t17-,18-,21-/m0/s1. The Morgan fingerprint density at radius 1 is 1.23 bits per heavy atom. The number of nitrogens with zero attached hydrogens (tertiary/aromatic N) is 2. The average molecular weight is 417 g/mol. The van der Waals surface area contributed by atoms with Crippen LogP contribution in [-0.2, 0) is 11.0 Å². The first kappa shape index (κ1) is 20.4. The van der Waals surface area contributed by atoms with E-state index < -0.39 is 23.3 Å². The van der Waals surface area contributed by atoms with Crippen molar-refractivity contribution in [3.05, 3.63) is 65.5 Å². The predicted molar refractivity (Wildman–Crippen MR) is 103 cm³/mol. The molecule has 3 atom stereocenters. The van der Waals surface area contributed by atoms with Gasteiger partial charge in [-0.3, -0.25) is 14.6 Å². The lowest BCUT2D eigenvalue weighted by Crippen LogP contribution is -2.53. The molecule has 1 aromatic carbocycles. The molecule has 3 heterocycles. The summed E-state index contributed by atoms with van der Waals surface area (Å²) in [6.07, 6.45) is 0.479. The third-order valence-electron chi connectivity index (χ3n) is 6.09. The maximum atomic E-state index is 13.5. The van der Waals surface area contributed by atoms with Crippen LogP contribution >= 0.6 is 0 Å². The van der Waals surface area contributed by atoms with Crippen LogP contribution in [0.5, 0.6) is 0 Å². The molecule has 2 aliphatic heterocycles. The minimum Gasteiger partial charge on any atom is -0.349 e. The van der Waals surface area contributed by atoms with Gasteiger partial charge in [-0.15, -0.1) is 0 Å². The van der Waals surface area contributed by atoms with E-state index in [1.165, 1.54) is 18.5 Å². The minimum atomic E-state index is -4.48. The second-order valence-electron chi connectivity index (χ2n) is 8.17. The van der Waals surface area contributed by atoms with Crippen LogP contribution in [0.3, 0.4) is 0 Å². The van der Waals surface area contributed by atoms with Gasteiger partial charge in [-0.05, 0) is 56.0 Å². The van der Waals surface area contributed by atoms with Gasteiger partial charge in [0.1, 0.15) is 0 Å². The molecule has 4 rings (SSSR count). The van der Waals surface area contributed by atoms with Crippen molar-refractivity contribution in [2.45, 2.75) is 56.4 Å². The first-order chi connectivity index (χ1) is 14.2. The summed E-state index contributed by atoms with van der Waals surface area (Å²) in [4.78, 5) is 31.3. The van der Waals surface area contributed by atoms with Crippen molar-refractivity contribution in [2.75, 3.05) is 0 Å². The number of carbonyl (C=O) groups is 2. The van der Waals surface area contributed by atoms with Crippen molar-refractivity contribution in [1.82, 2.24) is 15.2 Å². The van der Waals surface area contributed by atoms with Crippen LogP contribution in [0, 0.1) is 0 Å². The van der Waals surface area contributed by atoms with E-state index in [1.54, 1.807) is 23.1 Å².